The van der Waals surface area contributed by atoms with Crippen LogP contribution in [0, 0.1) is 11.8 Å². The highest BCUT2D eigenvalue weighted by Gasteiger charge is 2.54. The zero-order valence-corrected chi connectivity index (χ0v) is 24.9. The number of nitrogens with one attached hydrogen (secondary N) is 3. The van der Waals surface area contributed by atoms with Crippen molar-refractivity contribution in [3.8, 4) is 0 Å². The minimum Gasteiger partial charge on any atom is -0.355 e. The van der Waals surface area contributed by atoms with Crippen LogP contribution in [0.3, 0.4) is 0 Å². The number of aryl methyl sites for hydroxylation is 1. The second-order valence-corrected chi connectivity index (χ2v) is 12.6. The third kappa shape index (κ3) is 6.15. The molecule has 1 saturated carbocycles. The summed E-state index contributed by atoms with van der Waals surface area (Å²) in [7, 11) is 1.73. The van der Waals surface area contributed by atoms with E-state index < -0.39 is 18.0 Å². The highest BCUT2D eigenvalue weighted by molar-refractivity contribution is 5.91. The lowest BCUT2D eigenvalue weighted by Crippen LogP contribution is -2.58. The fourth-order valence-electron chi connectivity index (χ4n) is 7.80. The van der Waals surface area contributed by atoms with Gasteiger partial charge in [0, 0.05) is 32.5 Å². The standard InChI is InChI=1S/C32H47N5O4/c1-20(33-3)30(39)35-28(23-11-5-4-6-12-23)32(41)36-17-16-27-29(36)26(19-37(27)21(2)38)31(40)34-18-24-14-9-13-22-10-7-8-15-25(22)24/h7-8,10,15,20,23-24,26-29,33H,4-6,9,11-14,16-19H2,1-3H3,(H,34,40)(H,35,39)/t20-,24?,26-,27+,28-,29+/m0/s1. The molecule has 4 aliphatic rings. The molecule has 0 spiro atoms. The van der Waals surface area contributed by atoms with E-state index in [4.69, 9.17) is 0 Å². The van der Waals surface area contributed by atoms with Gasteiger partial charge in [-0.2, -0.15) is 0 Å². The maximum absolute atomic E-state index is 14.3. The van der Waals surface area contributed by atoms with E-state index in [0.29, 0.717) is 26.1 Å². The first-order valence-electron chi connectivity index (χ1n) is 15.7. The topological polar surface area (TPSA) is 111 Å². The quantitative estimate of drug-likeness (QED) is 0.448. The van der Waals surface area contributed by atoms with Gasteiger partial charge in [0.1, 0.15) is 6.04 Å². The zero-order chi connectivity index (χ0) is 29.1. The lowest BCUT2D eigenvalue weighted by atomic mass is 9.82. The number of nitrogens with zero attached hydrogens (tertiary/aromatic N) is 2. The summed E-state index contributed by atoms with van der Waals surface area (Å²) in [6, 6.07) is 6.89. The summed E-state index contributed by atoms with van der Waals surface area (Å²) < 4.78 is 0. The Morgan fingerprint density at radius 1 is 0.976 bits per heavy atom. The van der Waals surface area contributed by atoms with Gasteiger partial charge in [0.15, 0.2) is 0 Å². The second-order valence-electron chi connectivity index (χ2n) is 12.6. The minimum atomic E-state index is -0.619. The van der Waals surface area contributed by atoms with Crippen LogP contribution in [0.5, 0.6) is 0 Å². The number of likely N-dealkylation sites (N-methyl/N-ethyl adjacent to an activating group) is 1. The van der Waals surface area contributed by atoms with E-state index in [1.165, 1.54) is 11.1 Å². The van der Waals surface area contributed by atoms with Crippen molar-refractivity contribution in [2.45, 2.75) is 102 Å². The van der Waals surface area contributed by atoms with Crippen molar-refractivity contribution < 1.29 is 19.2 Å². The van der Waals surface area contributed by atoms with Crippen molar-refractivity contribution in [2.75, 3.05) is 26.7 Å². The van der Waals surface area contributed by atoms with Gasteiger partial charge in [-0.05, 0) is 69.5 Å². The summed E-state index contributed by atoms with van der Waals surface area (Å²) in [6.07, 6.45) is 8.90. The molecule has 4 amide bonds. The number of amides is 4. The molecule has 3 N–H and O–H groups in total. The molecule has 3 fully saturated rings. The number of likely N-dealkylation sites (tertiary alicyclic amines) is 2. The van der Waals surface area contributed by atoms with Gasteiger partial charge in [0.25, 0.3) is 0 Å². The highest BCUT2D eigenvalue weighted by atomic mass is 16.2. The first kappa shape index (κ1) is 29.5. The van der Waals surface area contributed by atoms with Crippen LogP contribution in [-0.4, -0.2) is 84.3 Å². The van der Waals surface area contributed by atoms with Crippen LogP contribution in [0.4, 0.5) is 0 Å². The van der Waals surface area contributed by atoms with Gasteiger partial charge in [-0.1, -0.05) is 43.5 Å². The Kier molecular flexibility index (Phi) is 9.32. The molecule has 2 heterocycles. The molecule has 0 aromatic heterocycles. The van der Waals surface area contributed by atoms with E-state index in [9.17, 15) is 19.2 Å². The molecule has 1 unspecified atom stereocenters. The summed E-state index contributed by atoms with van der Waals surface area (Å²) in [5.41, 5.74) is 2.67. The summed E-state index contributed by atoms with van der Waals surface area (Å²) in [6.45, 7) is 4.69. The van der Waals surface area contributed by atoms with Crippen LogP contribution < -0.4 is 16.0 Å². The molecule has 224 valence electrons. The van der Waals surface area contributed by atoms with E-state index in [2.05, 4.69) is 40.2 Å². The fourth-order valence-corrected chi connectivity index (χ4v) is 7.80. The number of rotatable bonds is 8. The Morgan fingerprint density at radius 3 is 2.46 bits per heavy atom. The van der Waals surface area contributed by atoms with E-state index in [0.717, 1.165) is 51.4 Å². The van der Waals surface area contributed by atoms with Crippen molar-refractivity contribution in [1.29, 1.82) is 0 Å². The predicted octanol–water partition coefficient (Wildman–Crippen LogP) is 2.34. The Hall–Kier alpha value is -2.94. The largest absolute Gasteiger partial charge is 0.355 e. The highest BCUT2D eigenvalue weighted by Crippen LogP contribution is 2.38. The Balaban J connectivity index is 1.34. The van der Waals surface area contributed by atoms with Gasteiger partial charge >= 0.3 is 0 Å². The molecule has 41 heavy (non-hydrogen) atoms. The van der Waals surface area contributed by atoms with Crippen LogP contribution in [0.15, 0.2) is 24.3 Å². The molecular formula is C32H47N5O4. The molecule has 2 aliphatic carbocycles. The van der Waals surface area contributed by atoms with E-state index in [1.54, 1.807) is 25.8 Å². The van der Waals surface area contributed by atoms with Crippen molar-refractivity contribution in [3.05, 3.63) is 35.4 Å². The number of hydrogen-bond donors (Lipinski definition) is 3. The van der Waals surface area contributed by atoms with E-state index in [-0.39, 0.29) is 47.5 Å². The molecular weight excluding hydrogens is 518 g/mol. The molecule has 9 heteroatoms. The average molecular weight is 566 g/mol. The minimum absolute atomic E-state index is 0.0641. The van der Waals surface area contributed by atoms with Crippen molar-refractivity contribution in [2.24, 2.45) is 11.8 Å². The predicted molar refractivity (Wildman–Crippen MR) is 157 cm³/mol. The smallest absolute Gasteiger partial charge is 0.245 e. The summed E-state index contributed by atoms with van der Waals surface area (Å²) in [5.74, 6) is -0.595. The molecule has 6 atom stereocenters. The SMILES string of the molecule is CN[C@@H](C)C(=O)N[C@H](C(=O)N1CC[C@@H]2[C@H]1[C@@H](C(=O)NCC1CCCc3ccccc31)CN2C(C)=O)C1CCCCC1. The van der Waals surface area contributed by atoms with Crippen LogP contribution in [0.25, 0.3) is 0 Å². The molecule has 0 radical (unpaired) electrons. The molecule has 2 saturated heterocycles. The molecule has 0 bridgehead atoms. The third-order valence-corrected chi connectivity index (χ3v) is 10.2. The number of hydrogen-bond acceptors (Lipinski definition) is 5. The van der Waals surface area contributed by atoms with Gasteiger partial charge in [0.2, 0.25) is 23.6 Å². The summed E-state index contributed by atoms with van der Waals surface area (Å²) >= 11 is 0. The van der Waals surface area contributed by atoms with Gasteiger partial charge in [0.05, 0.1) is 24.0 Å². The van der Waals surface area contributed by atoms with Crippen LogP contribution in [0.1, 0.15) is 82.3 Å². The van der Waals surface area contributed by atoms with Crippen LogP contribution >= 0.6 is 0 Å². The molecule has 2 aliphatic heterocycles. The van der Waals surface area contributed by atoms with E-state index >= 15 is 0 Å². The zero-order valence-electron chi connectivity index (χ0n) is 24.9. The van der Waals surface area contributed by atoms with Crippen LogP contribution in [0.2, 0.25) is 0 Å². The van der Waals surface area contributed by atoms with Gasteiger partial charge in [-0.15, -0.1) is 0 Å². The number of benzene rings is 1. The third-order valence-electron chi connectivity index (χ3n) is 10.2. The maximum Gasteiger partial charge on any atom is 0.245 e. The summed E-state index contributed by atoms with van der Waals surface area (Å²) in [4.78, 5) is 57.3. The fraction of sp³-hybridized carbons (Fsp3) is 0.688. The average Bonchev–Trinajstić information content (AvgIpc) is 3.59. The number of fused-ring (bicyclic) bond motifs is 2. The normalized spacial score (nSPS) is 27.5. The molecule has 1 aromatic carbocycles. The first-order valence-corrected chi connectivity index (χ1v) is 15.7. The van der Waals surface area contributed by atoms with Gasteiger partial charge in [-0.25, -0.2) is 0 Å². The monoisotopic (exact) mass is 565 g/mol. The van der Waals surface area contributed by atoms with Crippen LogP contribution in [-0.2, 0) is 25.6 Å². The molecule has 9 nitrogen and oxygen atoms in total. The maximum atomic E-state index is 14.3. The molecule has 5 rings (SSSR count). The first-order chi connectivity index (χ1) is 19.8. The lowest BCUT2D eigenvalue weighted by Gasteiger charge is -2.36. The van der Waals surface area contributed by atoms with Crippen molar-refractivity contribution in [1.82, 2.24) is 25.8 Å². The van der Waals surface area contributed by atoms with Crippen molar-refractivity contribution >= 4 is 23.6 Å². The lowest BCUT2D eigenvalue weighted by molar-refractivity contribution is -0.141. The van der Waals surface area contributed by atoms with Gasteiger partial charge < -0.3 is 25.8 Å². The Morgan fingerprint density at radius 2 is 1.73 bits per heavy atom. The second kappa shape index (κ2) is 12.9. The number of carbonyl (C=O) groups excluding carboxylic acids is 4. The number of carbonyl (C=O) groups is 4. The molecule has 1 aromatic rings. The Labute approximate surface area is 244 Å². The Bertz CT molecular complexity index is 1130. The summed E-state index contributed by atoms with van der Waals surface area (Å²) in [5, 5.41) is 9.27. The van der Waals surface area contributed by atoms with Crippen molar-refractivity contribution in [3.63, 3.8) is 0 Å². The van der Waals surface area contributed by atoms with Gasteiger partial charge in [-0.3, -0.25) is 19.2 Å². The van der Waals surface area contributed by atoms with E-state index in [1.807, 2.05) is 4.90 Å².